The monoisotopic (exact) mass is 351 g/mol. The van der Waals surface area contributed by atoms with Gasteiger partial charge in [-0.3, -0.25) is 9.59 Å². The SMILES string of the molecule is Cc1c(N)cc(Br)cc1C(=O)N1CCN2C(=O)CCC2C1. The number of hydrogen-bond acceptors (Lipinski definition) is 3. The predicted octanol–water partition coefficient (Wildman–Crippen LogP) is 1.79. The Morgan fingerprint density at radius 2 is 2.14 bits per heavy atom. The van der Waals surface area contributed by atoms with Gasteiger partial charge in [-0.05, 0) is 31.0 Å². The highest BCUT2D eigenvalue weighted by Gasteiger charge is 2.37. The molecule has 2 N–H and O–H groups in total. The van der Waals surface area contributed by atoms with Crippen LogP contribution in [0.3, 0.4) is 0 Å². The van der Waals surface area contributed by atoms with E-state index in [1.165, 1.54) is 0 Å². The molecular formula is C15H18BrN3O2. The van der Waals surface area contributed by atoms with Crippen LogP contribution in [0.5, 0.6) is 0 Å². The van der Waals surface area contributed by atoms with Crippen molar-refractivity contribution in [1.29, 1.82) is 0 Å². The summed E-state index contributed by atoms with van der Waals surface area (Å²) < 4.78 is 0.809. The van der Waals surface area contributed by atoms with E-state index >= 15 is 0 Å². The number of nitrogens with zero attached hydrogens (tertiary/aromatic N) is 2. The summed E-state index contributed by atoms with van der Waals surface area (Å²) in [6.07, 6.45) is 1.46. The molecule has 1 aromatic rings. The minimum Gasteiger partial charge on any atom is -0.398 e. The van der Waals surface area contributed by atoms with Gasteiger partial charge in [0.2, 0.25) is 5.91 Å². The van der Waals surface area contributed by atoms with Crippen LogP contribution < -0.4 is 5.73 Å². The van der Waals surface area contributed by atoms with Gasteiger partial charge in [0.15, 0.2) is 0 Å². The number of halogens is 1. The van der Waals surface area contributed by atoms with Crippen LogP contribution in [0.15, 0.2) is 16.6 Å². The molecule has 0 radical (unpaired) electrons. The lowest BCUT2D eigenvalue weighted by Crippen LogP contribution is -2.53. The molecule has 2 amide bonds. The third-order valence-corrected chi connectivity index (χ3v) is 4.88. The van der Waals surface area contributed by atoms with E-state index in [-0.39, 0.29) is 17.9 Å². The van der Waals surface area contributed by atoms with Crippen molar-refractivity contribution in [3.05, 3.63) is 27.7 Å². The summed E-state index contributed by atoms with van der Waals surface area (Å²) in [7, 11) is 0. The van der Waals surface area contributed by atoms with Gasteiger partial charge in [-0.1, -0.05) is 15.9 Å². The van der Waals surface area contributed by atoms with E-state index in [2.05, 4.69) is 15.9 Å². The average molecular weight is 352 g/mol. The zero-order valence-corrected chi connectivity index (χ0v) is 13.5. The van der Waals surface area contributed by atoms with Gasteiger partial charge in [0, 0.05) is 47.8 Å². The van der Waals surface area contributed by atoms with Gasteiger partial charge in [0.1, 0.15) is 0 Å². The van der Waals surface area contributed by atoms with Crippen molar-refractivity contribution in [3.8, 4) is 0 Å². The molecule has 1 atom stereocenters. The number of amides is 2. The number of rotatable bonds is 1. The molecule has 0 aromatic heterocycles. The Morgan fingerprint density at radius 1 is 1.38 bits per heavy atom. The smallest absolute Gasteiger partial charge is 0.254 e. The topological polar surface area (TPSA) is 66.6 Å². The highest BCUT2D eigenvalue weighted by Crippen LogP contribution is 2.27. The Morgan fingerprint density at radius 3 is 2.90 bits per heavy atom. The molecule has 5 nitrogen and oxygen atoms in total. The van der Waals surface area contributed by atoms with Crippen molar-refractivity contribution in [2.45, 2.75) is 25.8 Å². The molecule has 21 heavy (non-hydrogen) atoms. The van der Waals surface area contributed by atoms with Crippen molar-refractivity contribution in [2.24, 2.45) is 0 Å². The van der Waals surface area contributed by atoms with Crippen LogP contribution in [0.4, 0.5) is 5.69 Å². The highest BCUT2D eigenvalue weighted by atomic mass is 79.9. The van der Waals surface area contributed by atoms with Crippen LogP contribution in [-0.4, -0.2) is 47.3 Å². The van der Waals surface area contributed by atoms with Crippen molar-refractivity contribution in [3.63, 3.8) is 0 Å². The molecule has 0 aliphatic carbocycles. The van der Waals surface area contributed by atoms with Crippen LogP contribution in [-0.2, 0) is 4.79 Å². The second kappa shape index (κ2) is 5.33. The number of anilines is 1. The Bertz CT molecular complexity index is 617. The second-order valence-electron chi connectivity index (χ2n) is 5.70. The van der Waals surface area contributed by atoms with Crippen molar-refractivity contribution in [1.82, 2.24) is 9.80 Å². The number of hydrogen-bond donors (Lipinski definition) is 1. The van der Waals surface area contributed by atoms with E-state index in [4.69, 9.17) is 5.73 Å². The van der Waals surface area contributed by atoms with Gasteiger partial charge < -0.3 is 15.5 Å². The van der Waals surface area contributed by atoms with E-state index in [0.29, 0.717) is 37.3 Å². The minimum absolute atomic E-state index is 0.000464. The van der Waals surface area contributed by atoms with E-state index in [1.54, 1.807) is 6.07 Å². The lowest BCUT2D eigenvalue weighted by molar-refractivity contribution is -0.130. The number of carbonyl (C=O) groups is 2. The molecule has 0 spiro atoms. The lowest BCUT2D eigenvalue weighted by atomic mass is 10.0. The van der Waals surface area contributed by atoms with Gasteiger partial charge in [0.25, 0.3) is 5.91 Å². The number of carbonyl (C=O) groups excluding carboxylic acids is 2. The molecule has 1 aromatic carbocycles. The summed E-state index contributed by atoms with van der Waals surface area (Å²) in [4.78, 5) is 28.2. The number of nitrogens with two attached hydrogens (primary N) is 1. The van der Waals surface area contributed by atoms with E-state index in [9.17, 15) is 9.59 Å². The Kier molecular flexibility index (Phi) is 3.65. The Labute approximate surface area is 132 Å². The summed E-state index contributed by atoms with van der Waals surface area (Å²) >= 11 is 3.39. The molecule has 2 heterocycles. The molecule has 2 fully saturated rings. The number of piperazine rings is 1. The molecule has 1 unspecified atom stereocenters. The van der Waals surface area contributed by atoms with Crippen molar-refractivity contribution >= 4 is 33.4 Å². The quantitative estimate of drug-likeness (QED) is 0.784. The lowest BCUT2D eigenvalue weighted by Gasteiger charge is -2.37. The highest BCUT2D eigenvalue weighted by molar-refractivity contribution is 9.10. The normalized spacial score (nSPS) is 21.6. The van der Waals surface area contributed by atoms with Crippen molar-refractivity contribution in [2.75, 3.05) is 25.4 Å². The number of benzene rings is 1. The first-order chi connectivity index (χ1) is 9.97. The van der Waals surface area contributed by atoms with E-state index in [0.717, 1.165) is 16.5 Å². The van der Waals surface area contributed by atoms with E-state index in [1.807, 2.05) is 22.8 Å². The van der Waals surface area contributed by atoms with E-state index < -0.39 is 0 Å². The van der Waals surface area contributed by atoms with Crippen LogP contribution in [0.2, 0.25) is 0 Å². The molecule has 0 bridgehead atoms. The second-order valence-corrected chi connectivity index (χ2v) is 6.61. The van der Waals surface area contributed by atoms with Crippen molar-refractivity contribution < 1.29 is 9.59 Å². The fraction of sp³-hybridized carbons (Fsp3) is 0.467. The molecule has 2 saturated heterocycles. The summed E-state index contributed by atoms with van der Waals surface area (Å²) in [6.45, 7) is 3.71. The molecule has 2 aliphatic rings. The summed E-state index contributed by atoms with van der Waals surface area (Å²) in [5.74, 6) is 0.217. The fourth-order valence-electron chi connectivity index (χ4n) is 3.14. The standard InChI is InChI=1S/C15H18BrN3O2/c1-9-12(6-10(16)7-13(9)17)15(21)18-4-5-19-11(8-18)2-3-14(19)20/h6-7,11H,2-5,8,17H2,1H3. The first kappa shape index (κ1) is 14.4. The van der Waals surface area contributed by atoms with Gasteiger partial charge >= 0.3 is 0 Å². The van der Waals surface area contributed by atoms with Crippen LogP contribution >= 0.6 is 15.9 Å². The molecule has 112 valence electrons. The van der Waals surface area contributed by atoms with Gasteiger partial charge in [0.05, 0.1) is 0 Å². The van der Waals surface area contributed by atoms with Crippen LogP contribution in [0, 0.1) is 6.92 Å². The summed E-state index contributed by atoms with van der Waals surface area (Å²) in [6, 6.07) is 3.81. The molecule has 3 rings (SSSR count). The van der Waals surface area contributed by atoms with Crippen LogP contribution in [0.25, 0.3) is 0 Å². The maximum Gasteiger partial charge on any atom is 0.254 e. The number of fused-ring (bicyclic) bond motifs is 1. The largest absolute Gasteiger partial charge is 0.398 e. The maximum atomic E-state index is 12.7. The average Bonchev–Trinajstić information content (AvgIpc) is 2.83. The van der Waals surface area contributed by atoms with Gasteiger partial charge in [-0.25, -0.2) is 0 Å². The third-order valence-electron chi connectivity index (χ3n) is 4.42. The first-order valence-electron chi connectivity index (χ1n) is 7.11. The van der Waals surface area contributed by atoms with Gasteiger partial charge in [-0.2, -0.15) is 0 Å². The number of nitrogen functional groups attached to an aromatic ring is 1. The zero-order chi connectivity index (χ0) is 15.1. The Hall–Kier alpha value is -1.56. The fourth-order valence-corrected chi connectivity index (χ4v) is 3.62. The van der Waals surface area contributed by atoms with Crippen LogP contribution in [0.1, 0.15) is 28.8 Å². The van der Waals surface area contributed by atoms with Gasteiger partial charge in [-0.15, -0.1) is 0 Å². The third kappa shape index (κ3) is 2.52. The minimum atomic E-state index is -0.000464. The molecule has 0 saturated carbocycles. The predicted molar refractivity (Wildman–Crippen MR) is 83.9 cm³/mol. The first-order valence-corrected chi connectivity index (χ1v) is 7.91. The molecular weight excluding hydrogens is 334 g/mol. The zero-order valence-electron chi connectivity index (χ0n) is 11.9. The molecule has 2 aliphatic heterocycles. The summed E-state index contributed by atoms with van der Waals surface area (Å²) in [5.41, 5.74) is 8.00. The summed E-state index contributed by atoms with van der Waals surface area (Å²) in [5, 5.41) is 0. The Balaban J connectivity index is 1.82. The maximum absolute atomic E-state index is 12.7. The molecule has 6 heteroatoms.